The molecule has 46 heavy (non-hydrogen) atoms. The molecule has 4 aromatic rings. The molecule has 9 nitrogen and oxygen atoms in total. The minimum absolute atomic E-state index is 0.0360. The maximum Gasteiger partial charge on any atom is 0.338 e. The quantitative estimate of drug-likeness (QED) is 0.127. The van der Waals surface area contributed by atoms with Crippen LogP contribution in [0.1, 0.15) is 39.6 Å². The van der Waals surface area contributed by atoms with Crippen molar-refractivity contribution in [1.29, 1.82) is 0 Å². The van der Waals surface area contributed by atoms with Gasteiger partial charge in [0.1, 0.15) is 11.5 Å². The van der Waals surface area contributed by atoms with Crippen LogP contribution in [0.3, 0.4) is 0 Å². The lowest BCUT2D eigenvalue weighted by Crippen LogP contribution is -2.31. The fourth-order valence-electron chi connectivity index (χ4n) is 4.64. The first-order chi connectivity index (χ1) is 22.2. The van der Waals surface area contributed by atoms with Gasteiger partial charge in [-0.1, -0.05) is 36.4 Å². The number of rotatable bonds is 10. The maximum atomic E-state index is 13.9. The van der Waals surface area contributed by atoms with E-state index in [9.17, 15) is 28.4 Å². The average Bonchev–Trinajstić information content (AvgIpc) is 3.33. The molecule has 5 rings (SSSR count). The fraction of sp³-hybridized carbons (Fsp3) is 0.114. The van der Waals surface area contributed by atoms with E-state index in [-0.39, 0.29) is 24.6 Å². The highest BCUT2D eigenvalue weighted by atomic mass is 32.2. The van der Waals surface area contributed by atoms with E-state index in [1.165, 1.54) is 60.3 Å². The second-order valence-corrected chi connectivity index (χ2v) is 11.3. The van der Waals surface area contributed by atoms with Crippen LogP contribution in [-0.2, 0) is 19.1 Å². The predicted octanol–water partition coefficient (Wildman–Crippen LogP) is 5.84. The third-order valence-electron chi connectivity index (χ3n) is 6.80. The van der Waals surface area contributed by atoms with Gasteiger partial charge in [-0.15, -0.1) is 11.8 Å². The van der Waals surface area contributed by atoms with E-state index in [1.807, 2.05) is 0 Å². The van der Waals surface area contributed by atoms with E-state index < -0.39 is 34.8 Å². The Morgan fingerprint density at radius 1 is 0.913 bits per heavy atom. The zero-order chi connectivity index (χ0) is 32.6. The summed E-state index contributed by atoms with van der Waals surface area (Å²) in [4.78, 5) is 66.0. The van der Waals surface area contributed by atoms with Gasteiger partial charge >= 0.3 is 5.97 Å². The molecule has 2 N–H and O–H groups in total. The summed E-state index contributed by atoms with van der Waals surface area (Å²) in [6, 6.07) is 26.7. The number of esters is 1. The number of thioether (sulfide) groups is 1. The van der Waals surface area contributed by atoms with Gasteiger partial charge in [0.15, 0.2) is 0 Å². The molecule has 0 bridgehead atoms. The standard InChI is InChI=1S/C35H28FN3O6S/c1-2-45-35(44)24-14-16-27(17-15-24)39-31(40)21-30(34(39)43)46-28-13-7-12-26(20-28)37-33(42)29(19-22-8-6-11-25(36)18-22)38-32(41)23-9-4-3-5-10-23/h3-20,30H,2,21H2,1H3,(H,37,42)(H,38,41)/b29-19-/t30-/m0/s1. The normalized spacial score (nSPS) is 14.6. The van der Waals surface area contributed by atoms with Crippen LogP contribution in [0.15, 0.2) is 114 Å². The van der Waals surface area contributed by atoms with Crippen molar-refractivity contribution in [3.8, 4) is 0 Å². The molecule has 0 aromatic heterocycles. The van der Waals surface area contributed by atoms with Crippen LogP contribution in [0.5, 0.6) is 0 Å². The first kappa shape index (κ1) is 31.9. The third-order valence-corrected chi connectivity index (χ3v) is 7.98. The smallest absolute Gasteiger partial charge is 0.338 e. The third kappa shape index (κ3) is 7.74. The van der Waals surface area contributed by atoms with E-state index in [4.69, 9.17) is 4.74 Å². The van der Waals surface area contributed by atoms with Crippen LogP contribution in [-0.4, -0.2) is 41.5 Å². The van der Waals surface area contributed by atoms with Gasteiger partial charge in [-0.25, -0.2) is 14.1 Å². The van der Waals surface area contributed by atoms with E-state index >= 15 is 0 Å². The summed E-state index contributed by atoms with van der Waals surface area (Å²) < 4.78 is 18.8. The lowest BCUT2D eigenvalue weighted by molar-refractivity contribution is -0.121. The fourth-order valence-corrected chi connectivity index (χ4v) is 5.76. The predicted molar refractivity (Wildman–Crippen MR) is 173 cm³/mol. The number of ether oxygens (including phenoxy) is 1. The zero-order valence-electron chi connectivity index (χ0n) is 24.6. The van der Waals surface area contributed by atoms with Gasteiger partial charge in [0.25, 0.3) is 11.8 Å². The monoisotopic (exact) mass is 637 g/mol. The number of hydrogen-bond acceptors (Lipinski definition) is 7. The topological polar surface area (TPSA) is 122 Å². The van der Waals surface area contributed by atoms with Crippen LogP contribution in [0.25, 0.3) is 6.08 Å². The van der Waals surface area contributed by atoms with Crippen molar-refractivity contribution in [1.82, 2.24) is 5.32 Å². The Morgan fingerprint density at radius 2 is 1.65 bits per heavy atom. The summed E-state index contributed by atoms with van der Waals surface area (Å²) in [5.74, 6) is -2.95. The minimum Gasteiger partial charge on any atom is -0.462 e. The summed E-state index contributed by atoms with van der Waals surface area (Å²) in [5.41, 5.74) is 1.62. The minimum atomic E-state index is -0.711. The summed E-state index contributed by atoms with van der Waals surface area (Å²) in [7, 11) is 0. The van der Waals surface area contributed by atoms with Gasteiger partial charge in [0.2, 0.25) is 11.8 Å². The molecule has 1 aliphatic heterocycles. The summed E-state index contributed by atoms with van der Waals surface area (Å²) in [6.45, 7) is 1.93. The van der Waals surface area contributed by atoms with Crippen molar-refractivity contribution in [2.45, 2.75) is 23.5 Å². The molecule has 0 spiro atoms. The molecule has 232 valence electrons. The van der Waals surface area contributed by atoms with Crippen LogP contribution in [0, 0.1) is 5.82 Å². The molecular formula is C35H28FN3O6S. The van der Waals surface area contributed by atoms with E-state index in [0.717, 1.165) is 4.90 Å². The summed E-state index contributed by atoms with van der Waals surface area (Å²) >= 11 is 1.17. The molecule has 1 atom stereocenters. The van der Waals surface area contributed by atoms with Crippen LogP contribution >= 0.6 is 11.8 Å². The lowest BCUT2D eigenvalue weighted by atomic mass is 10.1. The number of imide groups is 1. The molecule has 1 saturated heterocycles. The van der Waals surface area contributed by atoms with Gasteiger partial charge in [0, 0.05) is 22.6 Å². The molecule has 11 heteroatoms. The van der Waals surface area contributed by atoms with Crippen LogP contribution in [0.2, 0.25) is 0 Å². The van der Waals surface area contributed by atoms with Crippen molar-refractivity contribution in [3.63, 3.8) is 0 Å². The Morgan fingerprint density at radius 3 is 2.37 bits per heavy atom. The van der Waals surface area contributed by atoms with Gasteiger partial charge in [0.05, 0.1) is 23.1 Å². The molecule has 4 amide bonds. The van der Waals surface area contributed by atoms with Crippen molar-refractivity contribution >= 4 is 58.8 Å². The number of benzene rings is 4. The van der Waals surface area contributed by atoms with Gasteiger partial charge in [-0.3, -0.25) is 19.2 Å². The highest BCUT2D eigenvalue weighted by molar-refractivity contribution is 8.00. The molecule has 1 aliphatic rings. The number of halogens is 1. The van der Waals surface area contributed by atoms with Crippen molar-refractivity contribution in [2.75, 3.05) is 16.8 Å². The molecule has 0 radical (unpaired) electrons. The SMILES string of the molecule is CCOC(=O)c1ccc(N2C(=O)C[C@H](Sc3cccc(NC(=O)/C(=C/c4cccc(F)c4)NC(=O)c4ccccc4)c3)C2=O)cc1. The first-order valence-corrected chi connectivity index (χ1v) is 15.2. The molecule has 1 heterocycles. The van der Waals surface area contributed by atoms with E-state index in [2.05, 4.69) is 10.6 Å². The second-order valence-electron chi connectivity index (χ2n) is 10.1. The second kappa shape index (κ2) is 14.5. The summed E-state index contributed by atoms with van der Waals surface area (Å²) in [6.07, 6.45) is 1.33. The Bertz CT molecular complexity index is 1830. The molecule has 0 saturated carbocycles. The number of amides is 4. The van der Waals surface area contributed by atoms with Gasteiger partial charge < -0.3 is 15.4 Å². The van der Waals surface area contributed by atoms with Crippen molar-refractivity contribution in [3.05, 3.63) is 131 Å². The number of nitrogens with zero attached hydrogens (tertiary/aromatic N) is 1. The van der Waals surface area contributed by atoms with Crippen molar-refractivity contribution in [2.24, 2.45) is 0 Å². The van der Waals surface area contributed by atoms with Gasteiger partial charge in [-0.2, -0.15) is 0 Å². The summed E-state index contributed by atoms with van der Waals surface area (Å²) in [5, 5.41) is 4.65. The Labute approximate surface area is 268 Å². The van der Waals surface area contributed by atoms with Crippen LogP contribution in [0.4, 0.5) is 15.8 Å². The highest BCUT2D eigenvalue weighted by Gasteiger charge is 2.40. The molecular weight excluding hydrogens is 609 g/mol. The number of hydrogen-bond donors (Lipinski definition) is 2. The number of carbonyl (C=O) groups excluding carboxylic acids is 5. The molecule has 4 aromatic carbocycles. The number of anilines is 2. The lowest BCUT2D eigenvalue weighted by Gasteiger charge is -2.15. The van der Waals surface area contributed by atoms with E-state index in [0.29, 0.717) is 33.0 Å². The Balaban J connectivity index is 1.30. The zero-order valence-corrected chi connectivity index (χ0v) is 25.4. The Kier molecular flexibility index (Phi) is 10.0. The van der Waals surface area contributed by atoms with E-state index in [1.54, 1.807) is 67.6 Å². The molecule has 0 unspecified atom stereocenters. The number of carbonyl (C=O) groups is 5. The highest BCUT2D eigenvalue weighted by Crippen LogP contribution is 2.35. The maximum absolute atomic E-state index is 13.9. The average molecular weight is 638 g/mol. The largest absolute Gasteiger partial charge is 0.462 e. The molecule has 0 aliphatic carbocycles. The first-order valence-electron chi connectivity index (χ1n) is 14.3. The Hall–Kier alpha value is -5.55. The molecule has 1 fully saturated rings. The van der Waals surface area contributed by atoms with Crippen LogP contribution < -0.4 is 15.5 Å². The van der Waals surface area contributed by atoms with Crippen molar-refractivity contribution < 1.29 is 33.1 Å². The van der Waals surface area contributed by atoms with Gasteiger partial charge in [-0.05, 0) is 85.3 Å². The number of nitrogens with one attached hydrogen (secondary N) is 2.